The smallest absolute Gasteiger partial charge is 0.251 e. The number of benzene rings is 3. The van der Waals surface area contributed by atoms with Gasteiger partial charge in [-0.25, -0.2) is 8.42 Å². The zero-order valence-corrected chi connectivity index (χ0v) is 20.5. The van der Waals surface area contributed by atoms with Gasteiger partial charge < -0.3 is 10.1 Å². The molecule has 0 radical (unpaired) electrons. The van der Waals surface area contributed by atoms with Crippen molar-refractivity contribution in [1.82, 2.24) is 5.32 Å². The van der Waals surface area contributed by atoms with Crippen molar-refractivity contribution in [3.05, 3.63) is 93.5 Å². The number of amides is 1. The van der Waals surface area contributed by atoms with E-state index in [0.29, 0.717) is 29.8 Å². The molecule has 33 heavy (non-hydrogen) atoms. The van der Waals surface area contributed by atoms with Crippen LogP contribution in [0.1, 0.15) is 21.5 Å². The van der Waals surface area contributed by atoms with E-state index in [4.69, 9.17) is 27.9 Å². The Bertz CT molecular complexity index is 1210. The fourth-order valence-corrected chi connectivity index (χ4v) is 4.55. The van der Waals surface area contributed by atoms with Gasteiger partial charge in [-0.05, 0) is 53.9 Å². The minimum absolute atomic E-state index is 0.0538. The van der Waals surface area contributed by atoms with Crippen LogP contribution in [0.5, 0.6) is 5.75 Å². The van der Waals surface area contributed by atoms with Crippen molar-refractivity contribution < 1.29 is 17.9 Å². The zero-order valence-electron chi connectivity index (χ0n) is 18.2. The summed E-state index contributed by atoms with van der Waals surface area (Å²) in [5.74, 6) is 0.586. The molecule has 0 heterocycles. The molecule has 0 fully saturated rings. The fourth-order valence-electron chi connectivity index (χ4n) is 3.21. The summed E-state index contributed by atoms with van der Waals surface area (Å²) in [5.41, 5.74) is 2.57. The predicted molar refractivity (Wildman–Crippen MR) is 133 cm³/mol. The van der Waals surface area contributed by atoms with E-state index < -0.39 is 10.0 Å². The molecule has 0 aliphatic heterocycles. The quantitative estimate of drug-likeness (QED) is 0.445. The third kappa shape index (κ3) is 6.63. The highest BCUT2D eigenvalue weighted by molar-refractivity contribution is 7.92. The Labute approximate surface area is 204 Å². The van der Waals surface area contributed by atoms with Crippen LogP contribution in [0.3, 0.4) is 0 Å². The molecule has 0 saturated carbocycles. The fraction of sp³-hybridized carbons (Fsp3) is 0.208. The summed E-state index contributed by atoms with van der Waals surface area (Å²) in [5, 5.41) is 3.32. The highest BCUT2D eigenvalue weighted by atomic mass is 35.5. The molecule has 9 heteroatoms. The molecule has 0 saturated heterocycles. The molecule has 3 aromatic rings. The number of carbonyl (C=O) groups excluding carboxylic acids is 1. The Balaban J connectivity index is 1.64. The van der Waals surface area contributed by atoms with E-state index in [2.05, 4.69) is 5.32 Å². The topological polar surface area (TPSA) is 75.7 Å². The van der Waals surface area contributed by atoms with Gasteiger partial charge in [-0.3, -0.25) is 9.10 Å². The number of carbonyl (C=O) groups is 1. The minimum Gasteiger partial charge on any atom is -0.497 e. The average Bonchev–Trinajstić information content (AvgIpc) is 2.79. The first-order valence-corrected chi connectivity index (χ1v) is 12.7. The third-order valence-corrected chi connectivity index (χ3v) is 6.94. The van der Waals surface area contributed by atoms with Crippen LogP contribution in [0.4, 0.5) is 5.69 Å². The summed E-state index contributed by atoms with van der Waals surface area (Å²) < 4.78 is 31.1. The molecule has 3 rings (SSSR count). The van der Waals surface area contributed by atoms with Gasteiger partial charge in [0.05, 0.1) is 35.6 Å². The molecule has 0 aromatic heterocycles. The molecule has 3 aromatic carbocycles. The van der Waals surface area contributed by atoms with Crippen LogP contribution >= 0.6 is 23.2 Å². The number of hydrogen-bond donors (Lipinski definition) is 1. The number of rotatable bonds is 9. The van der Waals surface area contributed by atoms with E-state index in [-0.39, 0.29) is 22.5 Å². The Morgan fingerprint density at radius 1 is 0.970 bits per heavy atom. The number of nitrogens with one attached hydrogen (secondary N) is 1. The first-order chi connectivity index (χ1) is 15.7. The monoisotopic (exact) mass is 506 g/mol. The van der Waals surface area contributed by atoms with Crippen LogP contribution in [0, 0.1) is 0 Å². The molecule has 174 valence electrons. The van der Waals surface area contributed by atoms with Gasteiger partial charge >= 0.3 is 0 Å². The summed E-state index contributed by atoms with van der Waals surface area (Å²) in [4.78, 5) is 12.5. The molecule has 0 aliphatic carbocycles. The van der Waals surface area contributed by atoms with Gasteiger partial charge in [0, 0.05) is 12.1 Å². The van der Waals surface area contributed by atoms with Crippen molar-refractivity contribution in [3.8, 4) is 5.75 Å². The maximum atomic E-state index is 12.5. The summed E-state index contributed by atoms with van der Waals surface area (Å²) >= 11 is 12.3. The van der Waals surface area contributed by atoms with Crippen LogP contribution in [0.15, 0.2) is 66.7 Å². The first-order valence-electron chi connectivity index (χ1n) is 10.1. The number of ether oxygens (including phenoxy) is 1. The van der Waals surface area contributed by atoms with Gasteiger partial charge in [0.25, 0.3) is 5.91 Å². The molecule has 0 aliphatic rings. The van der Waals surface area contributed by atoms with Gasteiger partial charge in [-0.1, -0.05) is 53.5 Å². The molecule has 0 atom stereocenters. The lowest BCUT2D eigenvalue weighted by Gasteiger charge is -2.24. The highest BCUT2D eigenvalue weighted by Gasteiger charge is 2.21. The highest BCUT2D eigenvalue weighted by Crippen LogP contribution is 2.34. The minimum atomic E-state index is -3.62. The molecule has 6 nitrogen and oxygen atoms in total. The Kier molecular flexibility index (Phi) is 8.24. The number of nitrogens with zero attached hydrogens (tertiary/aromatic N) is 1. The molecule has 0 unspecified atom stereocenters. The van der Waals surface area contributed by atoms with Crippen molar-refractivity contribution in [3.63, 3.8) is 0 Å². The Morgan fingerprint density at radius 3 is 2.21 bits per heavy atom. The number of anilines is 1. The van der Waals surface area contributed by atoms with E-state index in [9.17, 15) is 13.2 Å². The van der Waals surface area contributed by atoms with E-state index in [1.807, 2.05) is 24.3 Å². The lowest BCUT2D eigenvalue weighted by molar-refractivity contribution is 0.0954. The molecular formula is C24H24Cl2N2O4S. The Hall–Kier alpha value is -2.74. The van der Waals surface area contributed by atoms with Crippen LogP contribution in [0.25, 0.3) is 0 Å². The molecule has 1 amide bonds. The van der Waals surface area contributed by atoms with Gasteiger partial charge in [0.15, 0.2) is 0 Å². The summed E-state index contributed by atoms with van der Waals surface area (Å²) in [7, 11) is -2.00. The average molecular weight is 507 g/mol. The summed E-state index contributed by atoms with van der Waals surface area (Å²) in [6.07, 6.45) is 1.80. The first kappa shape index (κ1) is 24.9. The lowest BCUT2D eigenvalue weighted by atomic mass is 10.1. The second-order valence-corrected chi connectivity index (χ2v) is 10.1. The van der Waals surface area contributed by atoms with Crippen molar-refractivity contribution in [2.45, 2.75) is 13.0 Å². The molecular weight excluding hydrogens is 483 g/mol. The standard InChI is InChI=1S/C24H24Cl2N2O4S/c1-32-20-12-8-17(9-13-20)14-15-27-24(29)19-10-6-18(7-11-19)16-28(33(2,30)31)22-5-3-4-21(25)23(22)26/h3-13H,14-16H2,1-2H3,(H,27,29). The van der Waals surface area contributed by atoms with E-state index in [1.54, 1.807) is 49.6 Å². The molecule has 0 bridgehead atoms. The van der Waals surface area contributed by atoms with E-state index in [0.717, 1.165) is 17.6 Å². The summed E-state index contributed by atoms with van der Waals surface area (Å²) in [6, 6.07) is 19.3. The second kappa shape index (κ2) is 10.9. The number of hydrogen-bond acceptors (Lipinski definition) is 4. The van der Waals surface area contributed by atoms with E-state index in [1.165, 1.54) is 4.31 Å². The van der Waals surface area contributed by atoms with Gasteiger partial charge in [0.1, 0.15) is 5.75 Å². The maximum absolute atomic E-state index is 12.5. The van der Waals surface area contributed by atoms with E-state index >= 15 is 0 Å². The number of sulfonamides is 1. The van der Waals surface area contributed by atoms with Crippen molar-refractivity contribution in [2.75, 3.05) is 24.2 Å². The predicted octanol–water partition coefficient (Wildman–Crippen LogP) is 4.94. The van der Waals surface area contributed by atoms with Gasteiger partial charge in [-0.2, -0.15) is 0 Å². The third-order valence-electron chi connectivity index (χ3n) is 5.00. The van der Waals surface area contributed by atoms with Crippen molar-refractivity contribution in [1.29, 1.82) is 0 Å². The SMILES string of the molecule is COc1ccc(CCNC(=O)c2ccc(CN(c3cccc(Cl)c3Cl)S(C)(=O)=O)cc2)cc1. The molecule has 1 N–H and O–H groups in total. The van der Waals surface area contributed by atoms with Crippen molar-refractivity contribution >= 4 is 44.8 Å². The van der Waals surface area contributed by atoms with Crippen molar-refractivity contribution in [2.24, 2.45) is 0 Å². The number of halogens is 2. The molecule has 0 spiro atoms. The largest absolute Gasteiger partial charge is 0.497 e. The van der Waals surface area contributed by atoms with Gasteiger partial charge in [-0.15, -0.1) is 0 Å². The second-order valence-electron chi connectivity index (χ2n) is 7.39. The summed E-state index contributed by atoms with van der Waals surface area (Å²) in [6.45, 7) is 0.542. The lowest BCUT2D eigenvalue weighted by Crippen LogP contribution is -2.29. The Morgan fingerprint density at radius 2 is 1.61 bits per heavy atom. The van der Waals surface area contributed by atoms with Crippen LogP contribution in [0.2, 0.25) is 10.0 Å². The number of methoxy groups -OCH3 is 1. The van der Waals surface area contributed by atoms with Crippen LogP contribution in [-0.2, 0) is 23.0 Å². The van der Waals surface area contributed by atoms with Crippen LogP contribution in [-0.4, -0.2) is 34.2 Å². The maximum Gasteiger partial charge on any atom is 0.251 e. The zero-order chi connectivity index (χ0) is 24.0. The van der Waals surface area contributed by atoms with Gasteiger partial charge in [0.2, 0.25) is 10.0 Å². The normalized spacial score (nSPS) is 11.2. The van der Waals surface area contributed by atoms with Crippen LogP contribution < -0.4 is 14.4 Å².